The number of aliphatic hydroxyl groups excluding tert-OH is 2. The zero-order chi connectivity index (χ0) is 70.5. The highest BCUT2D eigenvalue weighted by Gasteiger charge is 2.40. The molecule has 0 aliphatic carbocycles. The number of morpholine rings is 4. The summed E-state index contributed by atoms with van der Waals surface area (Å²) in [7, 11) is 1.40. The number of amides is 4. The van der Waals surface area contributed by atoms with Crippen LogP contribution in [0.15, 0.2) is 115 Å². The van der Waals surface area contributed by atoms with E-state index in [9.17, 15) is 82.2 Å². The van der Waals surface area contributed by atoms with Gasteiger partial charge < -0.3 is 78.7 Å². The number of methoxy groups -OCH3 is 1. The van der Waals surface area contributed by atoms with Gasteiger partial charge in [0.1, 0.15) is 24.1 Å². The van der Waals surface area contributed by atoms with Gasteiger partial charge in [0.25, 0.3) is 23.6 Å². The van der Waals surface area contributed by atoms with Gasteiger partial charge in [-0.3, -0.25) is 38.4 Å². The minimum atomic E-state index is -2.95. The molecule has 4 amide bonds. The van der Waals surface area contributed by atoms with Crippen molar-refractivity contribution in [1.29, 1.82) is 0 Å². The number of hydrogen-bond acceptors (Lipinski definition) is 16. The molecule has 0 saturated carbocycles. The Kier molecular flexibility index (Phi) is 36.1. The molecule has 4 heterocycles. The predicted octanol–water partition coefficient (Wildman–Crippen LogP) is 5.95. The Hall–Kier alpha value is -8.05. The van der Waals surface area contributed by atoms with E-state index in [1.165, 1.54) is 27.9 Å². The van der Waals surface area contributed by atoms with Crippen molar-refractivity contribution < 1.29 is 111 Å². The van der Waals surface area contributed by atoms with Gasteiger partial charge in [-0.15, -0.1) is 0 Å². The first-order valence-corrected chi connectivity index (χ1v) is 32.8. The molecule has 0 aromatic heterocycles. The van der Waals surface area contributed by atoms with E-state index < -0.39 is 96.4 Å². The Balaban J connectivity index is 0.000000234. The van der Waals surface area contributed by atoms with Gasteiger partial charge in [0.15, 0.2) is 6.17 Å². The van der Waals surface area contributed by atoms with Gasteiger partial charge in [-0.25, -0.2) is 4.39 Å². The van der Waals surface area contributed by atoms with Gasteiger partial charge in [0, 0.05) is 59.5 Å². The van der Waals surface area contributed by atoms with E-state index >= 15 is 0 Å². The highest BCUT2D eigenvalue weighted by molar-refractivity contribution is 5.89. The molecule has 534 valence electrons. The Morgan fingerprint density at radius 2 is 0.701 bits per heavy atom. The minimum Gasteiger partial charge on any atom is -0.481 e. The van der Waals surface area contributed by atoms with Gasteiger partial charge in [0.05, 0.1) is 76.5 Å². The number of alkyl halides is 3. The summed E-state index contributed by atoms with van der Waals surface area (Å²) in [6, 6.07) is 35.5. The number of aryl methyl sites for hydroxylation is 4. The number of carboxylic acid groups (broad SMARTS) is 4. The van der Waals surface area contributed by atoms with Gasteiger partial charge in [-0.05, 0) is 105 Å². The number of aliphatic carboxylic acids is 4. The third kappa shape index (κ3) is 27.8. The van der Waals surface area contributed by atoms with Gasteiger partial charge in [0.2, 0.25) is 0 Å². The number of benzene rings is 4. The third-order valence-electron chi connectivity index (χ3n) is 16.9. The van der Waals surface area contributed by atoms with Crippen molar-refractivity contribution in [3.63, 3.8) is 0 Å². The molecule has 6 N–H and O–H groups in total. The number of carbonyl (C=O) groups is 8. The second-order valence-corrected chi connectivity index (χ2v) is 23.5. The highest BCUT2D eigenvalue weighted by atomic mass is 19.3. The zero-order valence-corrected chi connectivity index (χ0v) is 54.8. The Bertz CT molecular complexity index is 2900. The molecule has 2 unspecified atom stereocenters. The van der Waals surface area contributed by atoms with Crippen molar-refractivity contribution in [2.24, 2.45) is 23.7 Å². The molecule has 4 saturated heterocycles. The second kappa shape index (κ2) is 44.0. The van der Waals surface area contributed by atoms with Crippen molar-refractivity contribution in [2.45, 2.75) is 108 Å². The van der Waals surface area contributed by atoms with Gasteiger partial charge >= 0.3 is 30.5 Å². The van der Waals surface area contributed by atoms with Gasteiger partial charge in [-0.2, -0.15) is 8.78 Å². The summed E-state index contributed by atoms with van der Waals surface area (Å²) in [5.74, 6) is -11.2. The van der Waals surface area contributed by atoms with Crippen molar-refractivity contribution in [3.8, 4) is 5.75 Å². The lowest BCUT2D eigenvalue weighted by Gasteiger charge is -2.31. The van der Waals surface area contributed by atoms with Crippen LogP contribution in [-0.4, -0.2) is 241 Å². The van der Waals surface area contributed by atoms with E-state index in [4.69, 9.17) is 23.7 Å². The standard InChI is InChI=1S/C18H23F2NO6.C18H25NO5.C17H22FNO4.C17H23NO5/c19-18(20)27-14-7-2-1-4-12(14)5-3-6-13(17(24)25)15(22)16(23)21-8-10-26-11-9-21;1-23-16(17(20)19-10-12-24-13-11-19)15(18(21)22)9-5-8-14-6-3-2-4-7-14;18-15(16(20)19-9-11-23-12-10-19)14(17(21)22)8-4-7-13-5-2-1-3-6-13;19-15(16(20)18-9-11-23-12-10-18)14(17(21)22)8-4-7-13-5-2-1-3-6-13/h1-2,4,7,13,15,18,22H,3,5-6,8-11H2,(H,24,25);2-4,6-7,15-16H,5,8-13H2,1H3,(H,21,22);1-3,5-6,14-15H,4,7-12H2,(H,21,22);1-3,5-6,14-15,19H,4,7-12H2,(H,21,22)/t13-,15+;15-,16?;14-,15?;14-,15+/m1111/s1. The number of nitrogens with zero attached hydrogens (tertiary/aromatic N) is 4. The van der Waals surface area contributed by atoms with Crippen LogP contribution in [0.1, 0.15) is 73.6 Å². The van der Waals surface area contributed by atoms with Crippen molar-refractivity contribution in [1.82, 2.24) is 19.6 Å². The maximum atomic E-state index is 14.4. The zero-order valence-electron chi connectivity index (χ0n) is 54.8. The maximum Gasteiger partial charge on any atom is 0.387 e. The molecule has 27 heteroatoms. The van der Waals surface area contributed by atoms with Crippen LogP contribution < -0.4 is 4.74 Å². The van der Waals surface area contributed by atoms with Crippen LogP contribution >= 0.6 is 0 Å². The number of carbonyl (C=O) groups excluding carboxylic acids is 4. The van der Waals surface area contributed by atoms with Crippen LogP contribution in [0.5, 0.6) is 5.75 Å². The molecule has 4 aromatic rings. The number of hydrogen-bond donors (Lipinski definition) is 6. The number of rotatable bonds is 31. The molecule has 4 fully saturated rings. The summed E-state index contributed by atoms with van der Waals surface area (Å²) in [5.41, 5.74) is 3.86. The molecular weight excluding hydrogens is 1270 g/mol. The lowest BCUT2D eigenvalue weighted by Crippen LogP contribution is -2.49. The predicted molar refractivity (Wildman–Crippen MR) is 346 cm³/mol. The molecule has 4 aromatic carbocycles. The second-order valence-electron chi connectivity index (χ2n) is 23.5. The van der Waals surface area contributed by atoms with Crippen molar-refractivity contribution >= 4 is 47.5 Å². The summed E-state index contributed by atoms with van der Waals surface area (Å²) < 4.78 is 69.7. The topological polar surface area (TPSA) is 326 Å². The first-order valence-electron chi connectivity index (χ1n) is 32.8. The summed E-state index contributed by atoms with van der Waals surface area (Å²) in [6.07, 6.45) is -0.703. The van der Waals surface area contributed by atoms with Crippen LogP contribution in [0, 0.1) is 23.7 Å². The fourth-order valence-corrected chi connectivity index (χ4v) is 11.4. The normalized spacial score (nSPS) is 17.3. The van der Waals surface area contributed by atoms with E-state index in [0.29, 0.717) is 143 Å². The third-order valence-corrected chi connectivity index (χ3v) is 16.9. The highest BCUT2D eigenvalue weighted by Crippen LogP contribution is 2.26. The minimum absolute atomic E-state index is 0.0234. The van der Waals surface area contributed by atoms with Crippen LogP contribution in [0.2, 0.25) is 0 Å². The summed E-state index contributed by atoms with van der Waals surface area (Å²) >= 11 is 0. The number of ether oxygens (including phenoxy) is 6. The maximum absolute atomic E-state index is 14.4. The van der Waals surface area contributed by atoms with Crippen LogP contribution in [0.3, 0.4) is 0 Å². The lowest BCUT2D eigenvalue weighted by molar-refractivity contribution is -0.160. The van der Waals surface area contributed by atoms with Crippen LogP contribution in [-0.2, 0) is 87.7 Å². The van der Waals surface area contributed by atoms with E-state index in [-0.39, 0.29) is 43.8 Å². The molecule has 97 heavy (non-hydrogen) atoms. The van der Waals surface area contributed by atoms with E-state index in [1.807, 2.05) is 91.0 Å². The fourth-order valence-electron chi connectivity index (χ4n) is 11.4. The van der Waals surface area contributed by atoms with E-state index in [1.54, 1.807) is 23.1 Å². The van der Waals surface area contributed by atoms with Crippen LogP contribution in [0.25, 0.3) is 0 Å². The molecule has 8 rings (SSSR count). The quantitative estimate of drug-likeness (QED) is 0.0339. The molecule has 0 spiro atoms. The molecule has 0 bridgehead atoms. The van der Waals surface area contributed by atoms with Crippen molar-refractivity contribution in [3.05, 3.63) is 138 Å². The number of carboxylic acids is 4. The number of para-hydroxylation sites is 1. The first kappa shape index (κ1) is 79.6. The van der Waals surface area contributed by atoms with E-state index in [2.05, 4.69) is 4.74 Å². The average molecular weight is 1370 g/mol. The summed E-state index contributed by atoms with van der Waals surface area (Å²) in [4.78, 5) is 101. The largest absolute Gasteiger partial charge is 0.481 e. The Morgan fingerprint density at radius 3 is 1.04 bits per heavy atom. The number of aliphatic hydroxyl groups is 2. The van der Waals surface area contributed by atoms with Crippen LogP contribution in [0.4, 0.5) is 13.2 Å². The monoisotopic (exact) mass is 1370 g/mol. The Morgan fingerprint density at radius 1 is 0.402 bits per heavy atom. The molecular formula is C70H93F3N4O20. The van der Waals surface area contributed by atoms with E-state index in [0.717, 1.165) is 29.5 Å². The SMILES string of the molecule is COC(C(=O)N1CCOCC1)[C@@H](CCCc1ccccc1)C(=O)O.O=C(O)[C@H](CCCc1ccccc1)C(F)C(=O)N1CCOCC1.O=C(O)[C@H](CCCc1ccccc1)[C@H](O)C(=O)N1CCOCC1.O=C(O)[C@H](CCCc1ccccc1OC(F)F)[C@H](O)C(=O)N1CCOCC1. The molecule has 8 atom stereocenters. The number of halogens is 3. The molecule has 4 aliphatic rings. The molecule has 4 aliphatic heterocycles. The first-order chi connectivity index (χ1) is 46.7. The smallest absolute Gasteiger partial charge is 0.387 e. The van der Waals surface area contributed by atoms with Crippen molar-refractivity contribution in [2.75, 3.05) is 112 Å². The Labute approximate surface area is 563 Å². The average Bonchev–Trinajstić information content (AvgIpc) is 2.29. The van der Waals surface area contributed by atoms with Gasteiger partial charge in [-0.1, -0.05) is 109 Å². The summed E-state index contributed by atoms with van der Waals surface area (Å²) in [6.45, 7) is 3.26. The lowest BCUT2D eigenvalue weighted by atomic mass is 9.93. The molecule has 0 radical (unpaired) electrons. The fraction of sp³-hybridized carbons (Fsp3) is 0.543. The summed E-state index contributed by atoms with van der Waals surface area (Å²) in [5, 5.41) is 57.9. The molecule has 24 nitrogen and oxygen atoms in total.